The molecule has 0 radical (unpaired) electrons. The van der Waals surface area contributed by atoms with Crippen molar-refractivity contribution >= 4 is 34.1 Å². The first-order valence-corrected chi connectivity index (χ1v) is 9.47. The Hall–Kier alpha value is -2.66. The lowest BCUT2D eigenvalue weighted by Crippen LogP contribution is -2.17. The maximum absolute atomic E-state index is 13.6. The van der Waals surface area contributed by atoms with Crippen LogP contribution < -0.4 is 10.1 Å². The van der Waals surface area contributed by atoms with Crippen LogP contribution in [0.1, 0.15) is 15.9 Å². The average Bonchev–Trinajstić information content (AvgIpc) is 3.07. The van der Waals surface area contributed by atoms with Crippen molar-refractivity contribution in [2.75, 3.05) is 5.32 Å². The molecular formula is C17H11F4N3O2S2. The third-order valence-corrected chi connectivity index (χ3v) is 5.31. The van der Waals surface area contributed by atoms with Crippen molar-refractivity contribution in [3.63, 3.8) is 0 Å². The van der Waals surface area contributed by atoms with Gasteiger partial charge in [0.05, 0.1) is 0 Å². The molecule has 0 bridgehead atoms. The molecule has 2 aromatic carbocycles. The normalized spacial score (nSPS) is 11.3. The van der Waals surface area contributed by atoms with Crippen LogP contribution in [0.5, 0.6) is 5.75 Å². The maximum atomic E-state index is 13.6. The predicted molar refractivity (Wildman–Crippen MR) is 96.9 cm³/mol. The molecule has 5 nitrogen and oxygen atoms in total. The Morgan fingerprint density at radius 3 is 2.50 bits per heavy atom. The zero-order chi connectivity index (χ0) is 20.1. The van der Waals surface area contributed by atoms with E-state index in [2.05, 4.69) is 20.3 Å². The summed E-state index contributed by atoms with van der Waals surface area (Å²) in [6, 6.07) is 10.8. The number of alkyl halides is 3. The Bertz CT molecular complexity index is 962. The van der Waals surface area contributed by atoms with Crippen LogP contribution in [0.3, 0.4) is 0 Å². The number of thioether (sulfide) groups is 1. The lowest BCUT2D eigenvalue weighted by atomic mass is 10.2. The fraction of sp³-hybridized carbons (Fsp3) is 0.118. The van der Waals surface area contributed by atoms with E-state index in [0.717, 1.165) is 23.5 Å². The molecule has 0 saturated heterocycles. The van der Waals surface area contributed by atoms with Crippen LogP contribution in [-0.2, 0) is 5.75 Å². The fourth-order valence-corrected chi connectivity index (χ4v) is 3.78. The second kappa shape index (κ2) is 8.57. The minimum Gasteiger partial charge on any atom is -0.406 e. The molecule has 0 unspecified atom stereocenters. The summed E-state index contributed by atoms with van der Waals surface area (Å²) in [7, 11) is 0. The van der Waals surface area contributed by atoms with Crippen molar-refractivity contribution in [1.29, 1.82) is 0 Å². The van der Waals surface area contributed by atoms with Crippen LogP contribution in [0.25, 0.3) is 0 Å². The van der Waals surface area contributed by atoms with Gasteiger partial charge in [0, 0.05) is 11.3 Å². The summed E-state index contributed by atoms with van der Waals surface area (Å²) in [4.78, 5) is 12.2. The van der Waals surface area contributed by atoms with Crippen LogP contribution in [0.2, 0.25) is 0 Å². The standard InChI is InChI=1S/C17H11F4N3O2S2/c18-13-4-2-1-3-11(13)9-27-16-24-23-15(28-16)22-14(25)10-5-7-12(8-6-10)26-17(19,20)21/h1-8H,9H2,(H,22,23,25). The highest BCUT2D eigenvalue weighted by molar-refractivity contribution is 8.00. The molecular weight excluding hydrogens is 418 g/mol. The van der Waals surface area contributed by atoms with Gasteiger partial charge in [-0.25, -0.2) is 4.39 Å². The van der Waals surface area contributed by atoms with Crippen LogP contribution in [0, 0.1) is 5.82 Å². The number of anilines is 1. The van der Waals surface area contributed by atoms with Crippen LogP contribution >= 0.6 is 23.1 Å². The molecule has 1 N–H and O–H groups in total. The Morgan fingerprint density at radius 2 is 1.82 bits per heavy atom. The molecule has 0 fully saturated rings. The van der Waals surface area contributed by atoms with Gasteiger partial charge in [0.2, 0.25) is 5.13 Å². The molecule has 0 saturated carbocycles. The number of ether oxygens (including phenoxy) is 1. The summed E-state index contributed by atoms with van der Waals surface area (Å²) in [6.45, 7) is 0. The lowest BCUT2D eigenvalue weighted by molar-refractivity contribution is -0.274. The van der Waals surface area contributed by atoms with Gasteiger partial charge < -0.3 is 4.74 Å². The Morgan fingerprint density at radius 1 is 1.11 bits per heavy atom. The van der Waals surface area contributed by atoms with Crippen molar-refractivity contribution in [2.24, 2.45) is 0 Å². The highest BCUT2D eigenvalue weighted by Gasteiger charge is 2.31. The zero-order valence-corrected chi connectivity index (χ0v) is 15.5. The summed E-state index contributed by atoms with van der Waals surface area (Å²) in [5.74, 6) is -0.936. The van der Waals surface area contributed by atoms with Gasteiger partial charge in [0.1, 0.15) is 11.6 Å². The molecule has 3 aromatic rings. The quantitative estimate of drug-likeness (QED) is 0.335. The van der Waals surface area contributed by atoms with E-state index in [-0.39, 0.29) is 16.5 Å². The number of carbonyl (C=O) groups is 1. The number of amides is 1. The number of carbonyl (C=O) groups excluding carboxylic acids is 1. The molecule has 28 heavy (non-hydrogen) atoms. The number of nitrogens with one attached hydrogen (secondary N) is 1. The third kappa shape index (κ3) is 5.67. The van der Waals surface area contributed by atoms with E-state index in [1.165, 1.54) is 30.0 Å². The van der Waals surface area contributed by atoms with Crippen LogP contribution in [0.4, 0.5) is 22.7 Å². The first-order chi connectivity index (χ1) is 13.3. The van der Waals surface area contributed by atoms with Crippen molar-refractivity contribution in [3.05, 3.63) is 65.5 Å². The van der Waals surface area contributed by atoms with Gasteiger partial charge in [-0.2, -0.15) is 0 Å². The van der Waals surface area contributed by atoms with E-state index in [0.29, 0.717) is 15.7 Å². The number of halogens is 4. The third-order valence-electron chi connectivity index (χ3n) is 3.29. The molecule has 0 aliphatic carbocycles. The lowest BCUT2D eigenvalue weighted by Gasteiger charge is -2.08. The maximum Gasteiger partial charge on any atom is 0.573 e. The first-order valence-electron chi connectivity index (χ1n) is 7.67. The largest absolute Gasteiger partial charge is 0.573 e. The number of aromatic nitrogens is 2. The summed E-state index contributed by atoms with van der Waals surface area (Å²) < 4.78 is 54.3. The van der Waals surface area contributed by atoms with E-state index in [9.17, 15) is 22.4 Å². The second-order valence-electron chi connectivity index (χ2n) is 5.28. The Kier molecular flexibility index (Phi) is 6.15. The topological polar surface area (TPSA) is 64.1 Å². The van der Waals surface area contributed by atoms with Crippen molar-refractivity contribution in [1.82, 2.24) is 10.2 Å². The zero-order valence-electron chi connectivity index (χ0n) is 13.9. The molecule has 1 aromatic heterocycles. The summed E-state index contributed by atoms with van der Waals surface area (Å²) in [6.07, 6.45) is -4.80. The van der Waals surface area contributed by atoms with E-state index in [1.807, 2.05) is 0 Å². The minimum atomic E-state index is -4.80. The highest BCUT2D eigenvalue weighted by Crippen LogP contribution is 2.29. The Balaban J connectivity index is 1.57. The van der Waals surface area contributed by atoms with Gasteiger partial charge in [0.15, 0.2) is 4.34 Å². The van der Waals surface area contributed by atoms with Gasteiger partial charge in [-0.3, -0.25) is 10.1 Å². The average molecular weight is 429 g/mol. The van der Waals surface area contributed by atoms with Gasteiger partial charge in [0.25, 0.3) is 5.91 Å². The van der Waals surface area contributed by atoms with E-state index in [4.69, 9.17) is 0 Å². The van der Waals surface area contributed by atoms with Crippen molar-refractivity contribution in [2.45, 2.75) is 16.5 Å². The molecule has 1 heterocycles. The molecule has 0 atom stereocenters. The van der Waals surface area contributed by atoms with Gasteiger partial charge in [-0.05, 0) is 35.9 Å². The van der Waals surface area contributed by atoms with Crippen LogP contribution in [-0.4, -0.2) is 22.5 Å². The van der Waals surface area contributed by atoms with Crippen molar-refractivity contribution < 1.29 is 27.1 Å². The molecule has 0 spiro atoms. The molecule has 3 rings (SSSR count). The molecule has 0 aliphatic rings. The van der Waals surface area contributed by atoms with E-state index in [1.54, 1.807) is 18.2 Å². The number of benzene rings is 2. The minimum absolute atomic E-state index is 0.130. The molecule has 0 aliphatic heterocycles. The predicted octanol–water partition coefficient (Wildman–Crippen LogP) is 5.12. The van der Waals surface area contributed by atoms with Crippen molar-refractivity contribution in [3.8, 4) is 5.75 Å². The number of hydrogen-bond donors (Lipinski definition) is 1. The smallest absolute Gasteiger partial charge is 0.406 e. The summed E-state index contributed by atoms with van der Waals surface area (Å²) >= 11 is 2.37. The molecule has 1 amide bonds. The van der Waals surface area contributed by atoms with Crippen LogP contribution in [0.15, 0.2) is 52.9 Å². The number of rotatable bonds is 6. The first kappa shape index (κ1) is 20.1. The highest BCUT2D eigenvalue weighted by atomic mass is 32.2. The van der Waals surface area contributed by atoms with E-state index >= 15 is 0 Å². The monoisotopic (exact) mass is 429 g/mol. The van der Waals surface area contributed by atoms with E-state index < -0.39 is 18.0 Å². The van der Waals surface area contributed by atoms with Gasteiger partial charge >= 0.3 is 6.36 Å². The SMILES string of the molecule is O=C(Nc1nnc(SCc2ccccc2F)s1)c1ccc(OC(F)(F)F)cc1. The summed E-state index contributed by atoms with van der Waals surface area (Å²) in [5, 5.41) is 10.5. The fourth-order valence-electron chi connectivity index (χ4n) is 2.05. The van der Waals surface area contributed by atoms with Gasteiger partial charge in [-0.1, -0.05) is 41.3 Å². The van der Waals surface area contributed by atoms with Gasteiger partial charge in [-0.15, -0.1) is 23.4 Å². The summed E-state index contributed by atoms with van der Waals surface area (Å²) in [5.41, 5.74) is 0.653. The number of hydrogen-bond acceptors (Lipinski definition) is 6. The Labute approximate surface area is 164 Å². The molecule has 11 heteroatoms. The second-order valence-corrected chi connectivity index (χ2v) is 7.48. The molecule has 146 valence electrons. The number of nitrogens with zero attached hydrogens (tertiary/aromatic N) is 2.